The maximum Gasteiger partial charge on any atom is 0.194 e. The first kappa shape index (κ1) is 15.3. The van der Waals surface area contributed by atoms with Gasteiger partial charge in [-0.1, -0.05) is 41.3 Å². The number of hydrogen-bond acceptors (Lipinski definition) is 4. The van der Waals surface area contributed by atoms with Crippen LogP contribution in [0.15, 0.2) is 34.9 Å². The summed E-state index contributed by atoms with van der Waals surface area (Å²) in [5.74, 6) is 0. The van der Waals surface area contributed by atoms with E-state index in [-0.39, 0.29) is 0 Å². The van der Waals surface area contributed by atoms with Gasteiger partial charge in [-0.05, 0) is 24.1 Å². The van der Waals surface area contributed by atoms with Crippen molar-refractivity contribution >= 4 is 45.7 Å². The number of imidazole rings is 1. The first-order chi connectivity index (χ1) is 10.7. The van der Waals surface area contributed by atoms with Crippen LogP contribution in [-0.2, 0) is 17.9 Å². The number of benzene rings is 1. The summed E-state index contributed by atoms with van der Waals surface area (Å²) in [4.78, 5) is 10.9. The number of fused-ring (bicyclic) bond motifs is 1. The zero-order valence-corrected chi connectivity index (χ0v) is 14.1. The van der Waals surface area contributed by atoms with Gasteiger partial charge in [0.05, 0.1) is 27.6 Å². The third-order valence-electron chi connectivity index (χ3n) is 3.17. The Labute approximate surface area is 141 Å². The quantitative estimate of drug-likeness (QED) is 0.487. The lowest BCUT2D eigenvalue weighted by molar-refractivity contribution is 0.132. The third kappa shape index (κ3) is 3.11. The number of halogens is 2. The van der Waals surface area contributed by atoms with E-state index in [9.17, 15) is 0 Å². The lowest BCUT2D eigenvalue weighted by Crippen LogP contribution is -1.95. The standard InChI is InChI=1S/C15H13Cl2N3OS/c1-2-13-14(20-5-6-22-15(20)19-13)8-18-21-9-10-3-4-11(16)12(17)7-10/h3-8H,2,9H2,1H3. The average Bonchev–Trinajstić information content (AvgIpc) is 3.08. The molecule has 2 heterocycles. The summed E-state index contributed by atoms with van der Waals surface area (Å²) in [6.07, 6.45) is 4.53. The van der Waals surface area contributed by atoms with Gasteiger partial charge in [-0.25, -0.2) is 4.98 Å². The van der Waals surface area contributed by atoms with Gasteiger partial charge in [0.15, 0.2) is 4.96 Å². The van der Waals surface area contributed by atoms with Crippen LogP contribution in [0.3, 0.4) is 0 Å². The van der Waals surface area contributed by atoms with Crippen molar-refractivity contribution < 1.29 is 4.84 Å². The fourth-order valence-corrected chi connectivity index (χ4v) is 3.13. The zero-order chi connectivity index (χ0) is 15.5. The number of thiazole rings is 1. The van der Waals surface area contributed by atoms with Gasteiger partial charge < -0.3 is 4.84 Å². The molecule has 0 saturated carbocycles. The molecule has 22 heavy (non-hydrogen) atoms. The Kier molecular flexibility index (Phi) is 4.66. The number of rotatable bonds is 5. The molecule has 0 unspecified atom stereocenters. The second-order valence-electron chi connectivity index (χ2n) is 4.61. The van der Waals surface area contributed by atoms with Crippen LogP contribution in [0.25, 0.3) is 4.96 Å². The lowest BCUT2D eigenvalue weighted by atomic mass is 10.2. The van der Waals surface area contributed by atoms with Crippen molar-refractivity contribution in [1.29, 1.82) is 0 Å². The van der Waals surface area contributed by atoms with E-state index in [0.29, 0.717) is 16.7 Å². The number of nitrogens with zero attached hydrogens (tertiary/aromatic N) is 3. The fourth-order valence-electron chi connectivity index (χ4n) is 2.07. The second kappa shape index (κ2) is 6.69. The summed E-state index contributed by atoms with van der Waals surface area (Å²) in [6.45, 7) is 2.40. The van der Waals surface area contributed by atoms with Crippen molar-refractivity contribution in [2.45, 2.75) is 20.0 Å². The SMILES string of the molecule is CCc1nc2sccn2c1C=NOCc1ccc(Cl)c(Cl)c1. The molecular formula is C15H13Cl2N3OS. The molecule has 114 valence electrons. The Morgan fingerprint density at radius 3 is 3.00 bits per heavy atom. The van der Waals surface area contributed by atoms with Crippen molar-refractivity contribution in [2.75, 3.05) is 0 Å². The number of oxime groups is 1. The molecule has 1 aromatic carbocycles. The van der Waals surface area contributed by atoms with Crippen LogP contribution >= 0.6 is 34.5 Å². The molecule has 0 N–H and O–H groups in total. The summed E-state index contributed by atoms with van der Waals surface area (Å²) < 4.78 is 2.01. The summed E-state index contributed by atoms with van der Waals surface area (Å²) in [5.41, 5.74) is 2.87. The van der Waals surface area contributed by atoms with E-state index in [0.717, 1.165) is 28.3 Å². The molecule has 4 nitrogen and oxygen atoms in total. The molecule has 0 radical (unpaired) electrons. The zero-order valence-electron chi connectivity index (χ0n) is 11.8. The fraction of sp³-hybridized carbons (Fsp3) is 0.200. The Morgan fingerprint density at radius 2 is 2.23 bits per heavy atom. The Hall–Kier alpha value is -1.56. The summed E-state index contributed by atoms with van der Waals surface area (Å²) in [6, 6.07) is 5.37. The van der Waals surface area contributed by atoms with Gasteiger partial charge in [0.1, 0.15) is 6.61 Å². The highest BCUT2D eigenvalue weighted by atomic mass is 35.5. The van der Waals surface area contributed by atoms with Crippen LogP contribution in [0.5, 0.6) is 0 Å². The van der Waals surface area contributed by atoms with E-state index in [1.807, 2.05) is 22.0 Å². The van der Waals surface area contributed by atoms with Crippen LogP contribution in [0.4, 0.5) is 0 Å². The van der Waals surface area contributed by atoms with Gasteiger partial charge in [0.2, 0.25) is 0 Å². The van der Waals surface area contributed by atoms with Crippen LogP contribution in [0.2, 0.25) is 10.0 Å². The summed E-state index contributed by atoms with van der Waals surface area (Å²) >= 11 is 13.4. The van der Waals surface area contributed by atoms with Gasteiger partial charge in [0, 0.05) is 11.6 Å². The maximum atomic E-state index is 5.96. The van der Waals surface area contributed by atoms with Crippen LogP contribution in [-0.4, -0.2) is 15.6 Å². The molecule has 0 atom stereocenters. The molecule has 0 amide bonds. The van der Waals surface area contributed by atoms with Gasteiger partial charge in [-0.2, -0.15) is 0 Å². The normalized spacial score (nSPS) is 11.6. The molecule has 0 saturated heterocycles. The molecule has 0 aliphatic carbocycles. The van der Waals surface area contributed by atoms with Gasteiger partial charge in [0.25, 0.3) is 0 Å². The predicted molar refractivity (Wildman–Crippen MR) is 91.3 cm³/mol. The van der Waals surface area contributed by atoms with E-state index in [1.54, 1.807) is 29.7 Å². The summed E-state index contributed by atoms with van der Waals surface area (Å²) in [5, 5.41) is 7.08. The van der Waals surface area contributed by atoms with Crippen molar-refractivity contribution in [2.24, 2.45) is 5.16 Å². The topological polar surface area (TPSA) is 38.9 Å². The first-order valence-corrected chi connectivity index (χ1v) is 8.36. The van der Waals surface area contributed by atoms with Crippen molar-refractivity contribution in [1.82, 2.24) is 9.38 Å². The molecule has 2 aromatic heterocycles. The minimum Gasteiger partial charge on any atom is -0.391 e. The summed E-state index contributed by atoms with van der Waals surface area (Å²) in [7, 11) is 0. The molecule has 0 spiro atoms. The lowest BCUT2D eigenvalue weighted by Gasteiger charge is -2.02. The minimum absolute atomic E-state index is 0.334. The van der Waals surface area contributed by atoms with Gasteiger partial charge in [-0.3, -0.25) is 4.40 Å². The monoisotopic (exact) mass is 353 g/mol. The van der Waals surface area contributed by atoms with E-state index in [4.69, 9.17) is 28.0 Å². The third-order valence-corrected chi connectivity index (χ3v) is 4.67. The number of hydrogen-bond donors (Lipinski definition) is 0. The van der Waals surface area contributed by atoms with E-state index < -0.39 is 0 Å². The van der Waals surface area contributed by atoms with Gasteiger partial charge >= 0.3 is 0 Å². The molecule has 3 rings (SSSR count). The van der Waals surface area contributed by atoms with Crippen molar-refractivity contribution in [3.05, 3.63) is 56.8 Å². The highest BCUT2D eigenvalue weighted by Crippen LogP contribution is 2.23. The minimum atomic E-state index is 0.334. The molecule has 0 bridgehead atoms. The van der Waals surface area contributed by atoms with Crippen molar-refractivity contribution in [3.63, 3.8) is 0 Å². The second-order valence-corrected chi connectivity index (χ2v) is 6.30. The Morgan fingerprint density at radius 1 is 1.36 bits per heavy atom. The number of aryl methyl sites for hydroxylation is 1. The maximum absolute atomic E-state index is 5.96. The molecule has 3 aromatic rings. The van der Waals surface area contributed by atoms with E-state index in [2.05, 4.69) is 17.1 Å². The smallest absolute Gasteiger partial charge is 0.194 e. The largest absolute Gasteiger partial charge is 0.391 e. The Bertz CT molecular complexity index is 825. The molecule has 7 heteroatoms. The van der Waals surface area contributed by atoms with E-state index >= 15 is 0 Å². The highest BCUT2D eigenvalue weighted by Gasteiger charge is 2.09. The predicted octanol–water partition coefficient (Wildman–Crippen LogP) is 4.82. The Balaban J connectivity index is 1.70. The van der Waals surface area contributed by atoms with Crippen LogP contribution in [0.1, 0.15) is 23.9 Å². The molecule has 0 aliphatic rings. The first-order valence-electron chi connectivity index (χ1n) is 6.72. The average molecular weight is 354 g/mol. The van der Waals surface area contributed by atoms with Crippen molar-refractivity contribution in [3.8, 4) is 0 Å². The molecule has 0 fully saturated rings. The molecular weight excluding hydrogens is 341 g/mol. The van der Waals surface area contributed by atoms with Crippen LogP contribution < -0.4 is 0 Å². The molecule has 0 aliphatic heterocycles. The van der Waals surface area contributed by atoms with Gasteiger partial charge in [-0.15, -0.1) is 11.3 Å². The highest BCUT2D eigenvalue weighted by molar-refractivity contribution is 7.15. The number of aromatic nitrogens is 2. The van der Waals surface area contributed by atoms with Crippen LogP contribution in [0, 0.1) is 0 Å². The van der Waals surface area contributed by atoms with E-state index in [1.165, 1.54) is 0 Å².